The standard InChI is InChI=1S/C23H28N2O4/c1-26-18-8-9-21(27-2)22(16-18)28-15-5-12-25-13-10-17(11-14-25)23-19-6-3-4-7-20(19)29-24-23/h3-4,6-9,16-17H,5,10-15H2,1-2H3. The van der Waals surface area contributed by atoms with Crippen molar-refractivity contribution in [2.75, 3.05) is 40.5 Å². The van der Waals surface area contributed by atoms with Crippen molar-refractivity contribution < 1.29 is 18.7 Å². The molecule has 4 rings (SSSR count). The highest BCUT2D eigenvalue weighted by molar-refractivity contribution is 5.79. The van der Waals surface area contributed by atoms with Crippen molar-refractivity contribution >= 4 is 11.0 Å². The third-order valence-corrected chi connectivity index (χ3v) is 5.63. The predicted octanol–water partition coefficient (Wildman–Crippen LogP) is 4.49. The molecule has 2 aromatic carbocycles. The second-order valence-electron chi connectivity index (χ2n) is 7.40. The number of hydrogen-bond acceptors (Lipinski definition) is 6. The smallest absolute Gasteiger partial charge is 0.167 e. The van der Waals surface area contributed by atoms with Crippen LogP contribution in [-0.2, 0) is 0 Å². The summed E-state index contributed by atoms with van der Waals surface area (Å²) in [5.41, 5.74) is 2.00. The van der Waals surface area contributed by atoms with E-state index in [0.717, 1.165) is 72.8 Å². The van der Waals surface area contributed by atoms with E-state index in [1.165, 1.54) is 0 Å². The van der Waals surface area contributed by atoms with Crippen molar-refractivity contribution in [2.45, 2.75) is 25.2 Å². The predicted molar refractivity (Wildman–Crippen MR) is 112 cm³/mol. The second-order valence-corrected chi connectivity index (χ2v) is 7.40. The first kappa shape index (κ1) is 19.6. The maximum absolute atomic E-state index is 5.94. The van der Waals surface area contributed by atoms with Gasteiger partial charge in [0.25, 0.3) is 0 Å². The number of rotatable bonds is 8. The molecule has 0 unspecified atom stereocenters. The zero-order valence-electron chi connectivity index (χ0n) is 17.1. The number of likely N-dealkylation sites (tertiary alicyclic amines) is 1. The number of piperidine rings is 1. The first-order valence-electron chi connectivity index (χ1n) is 10.2. The first-order chi connectivity index (χ1) is 14.3. The molecule has 0 amide bonds. The zero-order valence-corrected chi connectivity index (χ0v) is 17.1. The fraction of sp³-hybridized carbons (Fsp3) is 0.435. The van der Waals surface area contributed by atoms with E-state index in [9.17, 15) is 0 Å². The zero-order chi connectivity index (χ0) is 20.1. The van der Waals surface area contributed by atoms with Crippen molar-refractivity contribution in [1.82, 2.24) is 10.1 Å². The van der Waals surface area contributed by atoms with Gasteiger partial charge >= 0.3 is 0 Å². The van der Waals surface area contributed by atoms with Crippen LogP contribution in [-0.4, -0.2) is 50.5 Å². The van der Waals surface area contributed by atoms with Crippen LogP contribution >= 0.6 is 0 Å². The Labute approximate surface area is 171 Å². The van der Waals surface area contributed by atoms with Gasteiger partial charge in [-0.25, -0.2) is 0 Å². The van der Waals surface area contributed by atoms with Crippen molar-refractivity contribution in [3.8, 4) is 17.2 Å². The maximum atomic E-state index is 5.94. The van der Waals surface area contributed by atoms with Crippen LogP contribution in [0, 0.1) is 0 Å². The lowest BCUT2D eigenvalue weighted by Crippen LogP contribution is -2.34. The second kappa shape index (κ2) is 9.18. The van der Waals surface area contributed by atoms with Gasteiger partial charge in [-0.2, -0.15) is 0 Å². The Balaban J connectivity index is 1.24. The van der Waals surface area contributed by atoms with Gasteiger partial charge in [0.15, 0.2) is 17.1 Å². The normalized spacial score (nSPS) is 15.5. The largest absolute Gasteiger partial charge is 0.497 e. The molecule has 0 spiro atoms. The molecule has 0 bridgehead atoms. The first-order valence-corrected chi connectivity index (χ1v) is 10.2. The number of ether oxygens (including phenoxy) is 3. The number of nitrogens with zero attached hydrogens (tertiary/aromatic N) is 2. The Morgan fingerprint density at radius 1 is 1.03 bits per heavy atom. The third kappa shape index (κ3) is 4.48. The number of fused-ring (bicyclic) bond motifs is 1. The summed E-state index contributed by atoms with van der Waals surface area (Å²) in [6, 6.07) is 13.7. The van der Waals surface area contributed by atoms with Gasteiger partial charge in [0, 0.05) is 23.9 Å². The lowest BCUT2D eigenvalue weighted by Gasteiger charge is -2.31. The lowest BCUT2D eigenvalue weighted by molar-refractivity contribution is 0.189. The molecule has 154 valence electrons. The molecule has 6 heteroatoms. The van der Waals surface area contributed by atoms with E-state index >= 15 is 0 Å². The summed E-state index contributed by atoms with van der Waals surface area (Å²) in [5.74, 6) is 2.70. The molecule has 0 aliphatic carbocycles. The fourth-order valence-electron chi connectivity index (χ4n) is 4.00. The molecule has 2 heterocycles. The monoisotopic (exact) mass is 396 g/mol. The molecule has 1 saturated heterocycles. The Bertz CT molecular complexity index is 932. The van der Waals surface area contributed by atoms with Crippen LogP contribution in [0.4, 0.5) is 0 Å². The highest BCUT2D eigenvalue weighted by Gasteiger charge is 2.24. The molecule has 1 aliphatic rings. The summed E-state index contributed by atoms with van der Waals surface area (Å²) in [5, 5.41) is 5.51. The van der Waals surface area contributed by atoms with Crippen LogP contribution in [0.2, 0.25) is 0 Å². The number of para-hydroxylation sites is 1. The Hall–Kier alpha value is -2.73. The summed E-state index contributed by atoms with van der Waals surface area (Å²) in [7, 11) is 3.30. The SMILES string of the molecule is COc1ccc(OC)c(OCCCN2CCC(c3noc4ccccc34)CC2)c1. The summed E-state index contributed by atoms with van der Waals surface area (Å²) < 4.78 is 22.1. The number of methoxy groups -OCH3 is 2. The maximum Gasteiger partial charge on any atom is 0.167 e. The highest BCUT2D eigenvalue weighted by Crippen LogP contribution is 2.33. The molecule has 1 aromatic heterocycles. The average Bonchev–Trinajstić information content (AvgIpc) is 3.21. The van der Waals surface area contributed by atoms with Crippen LogP contribution < -0.4 is 14.2 Å². The van der Waals surface area contributed by atoms with Gasteiger partial charge < -0.3 is 23.6 Å². The van der Waals surface area contributed by atoms with Gasteiger partial charge in [-0.05, 0) is 56.6 Å². The van der Waals surface area contributed by atoms with Crippen LogP contribution in [0.1, 0.15) is 30.9 Å². The van der Waals surface area contributed by atoms with Gasteiger partial charge in [-0.1, -0.05) is 17.3 Å². The van der Waals surface area contributed by atoms with Crippen molar-refractivity contribution in [3.05, 3.63) is 48.2 Å². The average molecular weight is 396 g/mol. The summed E-state index contributed by atoms with van der Waals surface area (Å²) in [4.78, 5) is 2.50. The molecule has 0 radical (unpaired) electrons. The Morgan fingerprint density at radius 3 is 2.66 bits per heavy atom. The van der Waals surface area contributed by atoms with E-state index in [-0.39, 0.29) is 0 Å². The minimum Gasteiger partial charge on any atom is -0.497 e. The van der Waals surface area contributed by atoms with Gasteiger partial charge in [0.1, 0.15) is 5.75 Å². The minimum atomic E-state index is 0.479. The molecule has 3 aromatic rings. The number of hydrogen-bond donors (Lipinski definition) is 0. The highest BCUT2D eigenvalue weighted by atomic mass is 16.5. The molecule has 6 nitrogen and oxygen atoms in total. The van der Waals surface area contributed by atoms with Gasteiger partial charge in [-0.3, -0.25) is 0 Å². The molecular formula is C23H28N2O4. The summed E-state index contributed by atoms with van der Waals surface area (Å²) in [6.45, 7) is 3.83. The fourth-order valence-corrected chi connectivity index (χ4v) is 4.00. The molecule has 1 aliphatic heterocycles. The van der Waals surface area contributed by atoms with Crippen molar-refractivity contribution in [3.63, 3.8) is 0 Å². The van der Waals surface area contributed by atoms with E-state index in [4.69, 9.17) is 18.7 Å². The Morgan fingerprint density at radius 2 is 1.86 bits per heavy atom. The van der Waals surface area contributed by atoms with E-state index in [2.05, 4.69) is 22.2 Å². The van der Waals surface area contributed by atoms with E-state index in [1.807, 2.05) is 30.3 Å². The van der Waals surface area contributed by atoms with Crippen LogP contribution in [0.5, 0.6) is 17.2 Å². The van der Waals surface area contributed by atoms with Crippen LogP contribution in [0.15, 0.2) is 47.0 Å². The molecular weight excluding hydrogens is 368 g/mol. The summed E-state index contributed by atoms with van der Waals surface area (Å²) in [6.07, 6.45) is 3.19. The van der Waals surface area contributed by atoms with Crippen molar-refractivity contribution in [1.29, 1.82) is 0 Å². The van der Waals surface area contributed by atoms with Gasteiger partial charge in [0.2, 0.25) is 0 Å². The lowest BCUT2D eigenvalue weighted by atomic mass is 9.91. The molecule has 0 N–H and O–H groups in total. The quantitative estimate of drug-likeness (QED) is 0.523. The van der Waals surface area contributed by atoms with E-state index in [1.54, 1.807) is 14.2 Å². The van der Waals surface area contributed by atoms with Gasteiger partial charge in [0.05, 0.1) is 26.5 Å². The summed E-state index contributed by atoms with van der Waals surface area (Å²) >= 11 is 0. The van der Waals surface area contributed by atoms with E-state index < -0.39 is 0 Å². The minimum absolute atomic E-state index is 0.479. The molecule has 29 heavy (non-hydrogen) atoms. The Kier molecular flexibility index (Phi) is 6.20. The number of aromatic nitrogens is 1. The van der Waals surface area contributed by atoms with Crippen LogP contribution in [0.25, 0.3) is 11.0 Å². The van der Waals surface area contributed by atoms with Crippen LogP contribution in [0.3, 0.4) is 0 Å². The van der Waals surface area contributed by atoms with E-state index in [0.29, 0.717) is 12.5 Å². The molecule has 0 atom stereocenters. The molecule has 0 saturated carbocycles. The topological polar surface area (TPSA) is 57.0 Å². The van der Waals surface area contributed by atoms with Gasteiger partial charge in [-0.15, -0.1) is 0 Å². The van der Waals surface area contributed by atoms with Crippen molar-refractivity contribution in [2.24, 2.45) is 0 Å². The third-order valence-electron chi connectivity index (χ3n) is 5.63. The number of benzene rings is 2. The molecule has 1 fully saturated rings.